The molecule has 1 aliphatic heterocycles. The number of hydrogen-bond acceptors (Lipinski definition) is 4. The van der Waals surface area contributed by atoms with Gasteiger partial charge in [0.05, 0.1) is 11.1 Å². The number of phenols is 1. The van der Waals surface area contributed by atoms with Gasteiger partial charge in [-0.25, -0.2) is 0 Å². The van der Waals surface area contributed by atoms with Crippen LogP contribution in [0.3, 0.4) is 0 Å². The van der Waals surface area contributed by atoms with E-state index in [1.54, 1.807) is 12.1 Å². The largest absolute Gasteiger partial charge is 0.507 e. The summed E-state index contributed by atoms with van der Waals surface area (Å²) in [6.45, 7) is 6.42. The molecule has 34 heavy (non-hydrogen) atoms. The van der Waals surface area contributed by atoms with Gasteiger partial charge in [0.1, 0.15) is 11.6 Å². The summed E-state index contributed by atoms with van der Waals surface area (Å²) in [5.41, 5.74) is 7.73. The Labute approximate surface area is 201 Å². The molecule has 3 aromatic rings. The molecule has 6 heteroatoms. The molecule has 2 atom stereocenters. The summed E-state index contributed by atoms with van der Waals surface area (Å²) >= 11 is 0. The fourth-order valence-electron chi connectivity index (χ4n) is 5.32. The fraction of sp³-hybridized carbons (Fsp3) is 0.429. The highest BCUT2D eigenvalue weighted by molar-refractivity contribution is 5.97. The van der Waals surface area contributed by atoms with Crippen molar-refractivity contribution in [2.24, 2.45) is 5.73 Å². The third kappa shape index (κ3) is 5.02. The van der Waals surface area contributed by atoms with Gasteiger partial charge >= 0.3 is 0 Å². The molecular formula is C28H36N4O2. The third-order valence-corrected chi connectivity index (χ3v) is 7.27. The summed E-state index contributed by atoms with van der Waals surface area (Å²) in [6, 6.07) is 15.7. The van der Waals surface area contributed by atoms with E-state index in [1.807, 2.05) is 34.9 Å². The number of phenolic OH excluding ortho intramolecular Hbond substituents is 1. The Kier molecular flexibility index (Phi) is 7.37. The van der Waals surface area contributed by atoms with Gasteiger partial charge in [0.15, 0.2) is 0 Å². The number of nitrogens with one attached hydrogen (secondary N) is 1. The first-order valence-corrected chi connectivity index (χ1v) is 12.4. The van der Waals surface area contributed by atoms with Crippen LogP contribution in [0, 0.1) is 5.41 Å². The van der Waals surface area contributed by atoms with Crippen LogP contribution in [-0.2, 0) is 6.54 Å². The van der Waals surface area contributed by atoms with Gasteiger partial charge < -0.3 is 15.4 Å². The molecule has 1 aromatic heterocycles. The van der Waals surface area contributed by atoms with Crippen molar-refractivity contribution in [2.45, 2.75) is 71.0 Å². The first kappa shape index (κ1) is 24.0. The number of rotatable bonds is 8. The van der Waals surface area contributed by atoms with Crippen molar-refractivity contribution in [2.75, 3.05) is 6.54 Å². The standard InChI is InChI=1S/C28H36N4O2/c1-19-9-8-10-20(2)31(19)15-6-3-7-16-32-25-12-5-4-11-21(25)17-24(28(32)34)23-18-22(27(29)30)13-14-26(23)33/h4-5,11-14,17-20,33H,3,6-10,15-16H2,1-2H3,(H3,29,30)/t19-,20+. The number of unbranched alkanes of at least 4 members (excludes halogenated alkanes) is 2. The first-order chi connectivity index (χ1) is 16.4. The van der Waals surface area contributed by atoms with E-state index in [-0.39, 0.29) is 17.1 Å². The molecule has 1 aliphatic rings. The van der Waals surface area contributed by atoms with Gasteiger partial charge in [0, 0.05) is 29.8 Å². The van der Waals surface area contributed by atoms with Crippen molar-refractivity contribution in [3.05, 3.63) is 64.4 Å². The number of aromatic hydroxyl groups is 1. The first-order valence-electron chi connectivity index (χ1n) is 12.4. The Hall–Kier alpha value is -3.12. The molecule has 1 fully saturated rings. The Morgan fingerprint density at radius 2 is 1.71 bits per heavy atom. The molecule has 2 heterocycles. The molecule has 0 amide bonds. The minimum atomic E-state index is -0.132. The highest BCUT2D eigenvalue weighted by atomic mass is 16.3. The maximum atomic E-state index is 13.6. The second-order valence-electron chi connectivity index (χ2n) is 9.65. The fourth-order valence-corrected chi connectivity index (χ4v) is 5.32. The van der Waals surface area contributed by atoms with Crippen LogP contribution in [0.2, 0.25) is 0 Å². The molecule has 0 aliphatic carbocycles. The van der Waals surface area contributed by atoms with Crippen LogP contribution in [0.15, 0.2) is 53.3 Å². The number of para-hydroxylation sites is 1. The zero-order valence-electron chi connectivity index (χ0n) is 20.3. The third-order valence-electron chi connectivity index (χ3n) is 7.27. The number of pyridine rings is 1. The number of amidine groups is 1. The summed E-state index contributed by atoms with van der Waals surface area (Å²) < 4.78 is 1.83. The van der Waals surface area contributed by atoms with Gasteiger partial charge in [-0.3, -0.25) is 15.1 Å². The van der Waals surface area contributed by atoms with Crippen LogP contribution in [0.1, 0.15) is 57.9 Å². The minimum absolute atomic E-state index is 0.00806. The molecule has 6 nitrogen and oxygen atoms in total. The zero-order chi connectivity index (χ0) is 24.2. The summed E-state index contributed by atoms with van der Waals surface area (Å²) in [4.78, 5) is 16.2. The molecule has 0 spiro atoms. The van der Waals surface area contributed by atoms with Crippen molar-refractivity contribution < 1.29 is 5.11 Å². The van der Waals surface area contributed by atoms with Gasteiger partial charge in [0.25, 0.3) is 5.56 Å². The van der Waals surface area contributed by atoms with Crippen LogP contribution < -0.4 is 11.3 Å². The Bertz CT molecular complexity index is 1220. The van der Waals surface area contributed by atoms with Crippen LogP contribution in [0.25, 0.3) is 22.0 Å². The molecule has 180 valence electrons. The summed E-state index contributed by atoms with van der Waals surface area (Å²) in [6.07, 6.45) is 7.01. The highest BCUT2D eigenvalue weighted by Gasteiger charge is 2.23. The van der Waals surface area contributed by atoms with E-state index in [2.05, 4.69) is 18.7 Å². The number of aromatic nitrogens is 1. The summed E-state index contributed by atoms with van der Waals surface area (Å²) in [7, 11) is 0. The lowest BCUT2D eigenvalue weighted by Gasteiger charge is -2.39. The molecule has 0 radical (unpaired) electrons. The Morgan fingerprint density at radius 3 is 2.44 bits per heavy atom. The number of piperidine rings is 1. The predicted molar refractivity (Wildman–Crippen MR) is 140 cm³/mol. The van der Waals surface area contributed by atoms with Crippen molar-refractivity contribution >= 4 is 16.7 Å². The molecule has 0 bridgehead atoms. The van der Waals surface area contributed by atoms with E-state index in [0.29, 0.717) is 35.3 Å². The molecule has 4 rings (SSSR count). The van der Waals surface area contributed by atoms with E-state index in [4.69, 9.17) is 11.1 Å². The zero-order valence-corrected chi connectivity index (χ0v) is 20.3. The maximum Gasteiger partial charge on any atom is 0.259 e. The average Bonchev–Trinajstić information content (AvgIpc) is 2.81. The highest BCUT2D eigenvalue weighted by Crippen LogP contribution is 2.30. The van der Waals surface area contributed by atoms with Gasteiger partial charge in [-0.2, -0.15) is 0 Å². The predicted octanol–water partition coefficient (Wildman–Crippen LogP) is 5.09. The normalized spacial score (nSPS) is 18.9. The van der Waals surface area contributed by atoms with E-state index in [1.165, 1.54) is 25.3 Å². The lowest BCUT2D eigenvalue weighted by atomic mass is 9.97. The second-order valence-corrected chi connectivity index (χ2v) is 9.65. The van der Waals surface area contributed by atoms with Gasteiger partial charge in [-0.05, 0) is 81.8 Å². The molecule has 1 saturated heterocycles. The minimum Gasteiger partial charge on any atom is -0.507 e. The number of aryl methyl sites for hydroxylation is 1. The van der Waals surface area contributed by atoms with Crippen LogP contribution >= 0.6 is 0 Å². The van der Waals surface area contributed by atoms with Crippen LogP contribution in [-0.4, -0.2) is 39.0 Å². The molecular weight excluding hydrogens is 424 g/mol. The second kappa shape index (κ2) is 10.4. The average molecular weight is 461 g/mol. The van der Waals surface area contributed by atoms with Crippen molar-refractivity contribution in [1.82, 2.24) is 9.47 Å². The maximum absolute atomic E-state index is 13.6. The van der Waals surface area contributed by atoms with E-state index in [9.17, 15) is 9.90 Å². The number of nitrogen functional groups attached to an aromatic ring is 1. The SMILES string of the molecule is C[C@@H]1CCC[C@H](C)N1CCCCCn1c(=O)c(-c2cc(C(=N)N)ccc2O)cc2ccccc21. The van der Waals surface area contributed by atoms with E-state index in [0.717, 1.165) is 36.7 Å². The van der Waals surface area contributed by atoms with Gasteiger partial charge in [-0.1, -0.05) is 31.0 Å². The van der Waals surface area contributed by atoms with E-state index >= 15 is 0 Å². The number of fused-ring (bicyclic) bond motifs is 1. The summed E-state index contributed by atoms with van der Waals surface area (Å²) in [5.74, 6) is -0.0894. The lowest BCUT2D eigenvalue weighted by molar-refractivity contribution is 0.101. The Morgan fingerprint density at radius 1 is 1.00 bits per heavy atom. The molecule has 0 unspecified atom stereocenters. The number of nitrogens with two attached hydrogens (primary N) is 1. The molecule has 4 N–H and O–H groups in total. The van der Waals surface area contributed by atoms with Gasteiger partial charge in [0.2, 0.25) is 0 Å². The van der Waals surface area contributed by atoms with Crippen LogP contribution in [0.4, 0.5) is 0 Å². The number of benzene rings is 2. The Balaban J connectivity index is 1.56. The number of nitrogens with zero attached hydrogens (tertiary/aromatic N) is 2. The monoisotopic (exact) mass is 460 g/mol. The lowest BCUT2D eigenvalue weighted by Crippen LogP contribution is -2.44. The molecule has 2 aromatic carbocycles. The topological polar surface area (TPSA) is 95.3 Å². The smallest absolute Gasteiger partial charge is 0.259 e. The quantitative estimate of drug-likeness (QED) is 0.248. The van der Waals surface area contributed by atoms with Crippen molar-refractivity contribution in [1.29, 1.82) is 5.41 Å². The van der Waals surface area contributed by atoms with Gasteiger partial charge in [-0.15, -0.1) is 0 Å². The number of hydrogen-bond donors (Lipinski definition) is 3. The van der Waals surface area contributed by atoms with Crippen molar-refractivity contribution in [3.63, 3.8) is 0 Å². The molecule has 0 saturated carbocycles. The summed E-state index contributed by atoms with van der Waals surface area (Å²) in [5, 5.41) is 19.2. The number of likely N-dealkylation sites (tertiary alicyclic amines) is 1. The van der Waals surface area contributed by atoms with Crippen molar-refractivity contribution in [3.8, 4) is 16.9 Å². The van der Waals surface area contributed by atoms with Crippen LogP contribution in [0.5, 0.6) is 5.75 Å². The van der Waals surface area contributed by atoms with E-state index < -0.39 is 0 Å².